The maximum Gasteiger partial charge on any atom is 0.310 e. The molecule has 190 valence electrons. The van der Waals surface area contributed by atoms with Gasteiger partial charge in [-0.2, -0.15) is 0 Å². The third-order valence-corrected chi connectivity index (χ3v) is 7.83. The molecule has 0 aliphatic carbocycles. The van der Waals surface area contributed by atoms with Crippen molar-refractivity contribution < 1.29 is 34.1 Å². The van der Waals surface area contributed by atoms with Crippen LogP contribution >= 0.6 is 0 Å². The molecule has 5 atom stereocenters. The fourth-order valence-electron chi connectivity index (χ4n) is 6.23. The van der Waals surface area contributed by atoms with Gasteiger partial charge < -0.3 is 29.5 Å². The van der Waals surface area contributed by atoms with Gasteiger partial charge in [-0.25, -0.2) is 0 Å². The van der Waals surface area contributed by atoms with E-state index in [9.17, 15) is 19.5 Å². The number of fused-ring (bicyclic) bond motifs is 1. The van der Waals surface area contributed by atoms with Crippen LogP contribution in [0.5, 0.6) is 0 Å². The number of aliphatic carboxylic acids is 1. The highest BCUT2D eigenvalue weighted by Crippen LogP contribution is 2.58. The Labute approximate surface area is 200 Å². The number of carbonyl (C=O) groups excluding carboxylic acids is 2. The molecule has 4 heterocycles. The SMILES string of the molecule is C=CCN(CCN1CCOCC1)C(=O)C1N(CCCCCO)C(=O)[C@@H]2[C@H](C(=O)O)[C@@H]3CCC12O3. The molecule has 4 saturated heterocycles. The van der Waals surface area contributed by atoms with Gasteiger partial charge in [-0.1, -0.05) is 6.08 Å². The monoisotopic (exact) mass is 479 g/mol. The molecule has 2 unspecified atom stereocenters. The van der Waals surface area contributed by atoms with E-state index in [4.69, 9.17) is 14.6 Å². The normalized spacial score (nSPS) is 32.7. The standard InChI is InChI=1S/C24H37N3O7/c1-2-8-26(11-10-25-12-15-33-16-13-25)22(30)20-24-7-6-17(34-24)18(23(31)32)19(24)21(29)27(20)9-4-3-5-14-28/h2,17-20,28H,1,3-16H2,(H,31,32)/t17-,18+,19-,20?,24?/m0/s1. The number of amides is 2. The Balaban J connectivity index is 1.57. The first-order chi connectivity index (χ1) is 16.4. The van der Waals surface area contributed by atoms with Gasteiger partial charge >= 0.3 is 5.97 Å². The van der Waals surface area contributed by atoms with E-state index in [1.807, 2.05) is 0 Å². The van der Waals surface area contributed by atoms with Crippen molar-refractivity contribution in [2.45, 2.75) is 49.9 Å². The van der Waals surface area contributed by atoms with Crippen LogP contribution in [0.15, 0.2) is 12.7 Å². The molecule has 4 aliphatic heterocycles. The lowest BCUT2D eigenvalue weighted by molar-refractivity contribution is -0.151. The largest absolute Gasteiger partial charge is 0.481 e. The Morgan fingerprint density at radius 3 is 2.65 bits per heavy atom. The van der Waals surface area contributed by atoms with Gasteiger partial charge in [-0.05, 0) is 32.1 Å². The van der Waals surface area contributed by atoms with Gasteiger partial charge in [0.05, 0.1) is 31.2 Å². The average Bonchev–Trinajstić information content (AvgIpc) is 3.47. The highest BCUT2D eigenvalue weighted by molar-refractivity contribution is 5.98. The van der Waals surface area contributed by atoms with Crippen LogP contribution in [0.4, 0.5) is 0 Å². The van der Waals surface area contributed by atoms with Crippen LogP contribution < -0.4 is 0 Å². The number of likely N-dealkylation sites (tertiary alicyclic amines) is 1. The molecule has 1 spiro atoms. The number of carbonyl (C=O) groups is 3. The number of unbranched alkanes of at least 4 members (excludes halogenated alkanes) is 2. The Morgan fingerprint density at radius 1 is 1.21 bits per heavy atom. The van der Waals surface area contributed by atoms with Gasteiger partial charge in [0.15, 0.2) is 0 Å². The van der Waals surface area contributed by atoms with Crippen LogP contribution in [0.3, 0.4) is 0 Å². The Bertz CT molecular complexity index is 787. The van der Waals surface area contributed by atoms with Crippen molar-refractivity contribution in [2.75, 3.05) is 59.1 Å². The number of nitrogens with zero attached hydrogens (tertiary/aromatic N) is 3. The van der Waals surface area contributed by atoms with Crippen molar-refractivity contribution in [2.24, 2.45) is 11.8 Å². The molecule has 34 heavy (non-hydrogen) atoms. The second kappa shape index (κ2) is 10.7. The predicted molar refractivity (Wildman–Crippen MR) is 122 cm³/mol. The van der Waals surface area contributed by atoms with E-state index in [1.54, 1.807) is 15.9 Å². The summed E-state index contributed by atoms with van der Waals surface area (Å²) in [6.45, 7) is 8.73. The highest BCUT2D eigenvalue weighted by Gasteiger charge is 2.74. The molecule has 0 aromatic carbocycles. The third kappa shape index (κ3) is 4.48. The molecule has 10 nitrogen and oxygen atoms in total. The van der Waals surface area contributed by atoms with E-state index in [-0.39, 0.29) is 18.4 Å². The van der Waals surface area contributed by atoms with E-state index in [0.29, 0.717) is 65.1 Å². The van der Waals surface area contributed by atoms with Gasteiger partial charge in [-0.3, -0.25) is 19.3 Å². The first-order valence-corrected chi connectivity index (χ1v) is 12.5. The number of aliphatic hydroxyl groups is 1. The Hall–Kier alpha value is -2.01. The van der Waals surface area contributed by atoms with Crippen molar-refractivity contribution in [3.8, 4) is 0 Å². The van der Waals surface area contributed by atoms with Gasteiger partial charge in [0.2, 0.25) is 11.8 Å². The van der Waals surface area contributed by atoms with Crippen molar-refractivity contribution >= 4 is 17.8 Å². The summed E-state index contributed by atoms with van der Waals surface area (Å²) in [7, 11) is 0. The number of hydrogen-bond donors (Lipinski definition) is 2. The second-order valence-corrected chi connectivity index (χ2v) is 9.74. The minimum atomic E-state index is -1.09. The lowest BCUT2D eigenvalue weighted by Gasteiger charge is -2.37. The van der Waals surface area contributed by atoms with Crippen LogP contribution in [0.2, 0.25) is 0 Å². The molecule has 4 aliphatic rings. The molecule has 4 fully saturated rings. The Kier molecular flexibility index (Phi) is 7.91. The van der Waals surface area contributed by atoms with Crippen molar-refractivity contribution in [1.82, 2.24) is 14.7 Å². The second-order valence-electron chi connectivity index (χ2n) is 9.74. The third-order valence-electron chi connectivity index (χ3n) is 7.83. The molecule has 2 bridgehead atoms. The van der Waals surface area contributed by atoms with E-state index in [2.05, 4.69) is 11.5 Å². The smallest absolute Gasteiger partial charge is 0.310 e. The van der Waals surface area contributed by atoms with Crippen LogP contribution in [-0.4, -0.2) is 120 Å². The number of hydrogen-bond acceptors (Lipinski definition) is 7. The molecular weight excluding hydrogens is 442 g/mol. The summed E-state index contributed by atoms with van der Waals surface area (Å²) >= 11 is 0. The number of carboxylic acid groups (broad SMARTS) is 1. The van der Waals surface area contributed by atoms with Crippen LogP contribution in [0.25, 0.3) is 0 Å². The summed E-state index contributed by atoms with van der Waals surface area (Å²) in [6.07, 6.45) is 4.17. The van der Waals surface area contributed by atoms with Crippen molar-refractivity contribution in [3.05, 3.63) is 12.7 Å². The number of morpholine rings is 1. The Morgan fingerprint density at radius 2 is 1.97 bits per heavy atom. The fourth-order valence-corrected chi connectivity index (χ4v) is 6.23. The molecule has 0 aromatic rings. The maximum absolute atomic E-state index is 14.0. The lowest BCUT2D eigenvalue weighted by atomic mass is 9.70. The lowest BCUT2D eigenvalue weighted by Crippen LogP contribution is -2.57. The number of rotatable bonds is 12. The summed E-state index contributed by atoms with van der Waals surface area (Å²) in [5, 5.41) is 19.0. The van der Waals surface area contributed by atoms with E-state index < -0.39 is 35.6 Å². The van der Waals surface area contributed by atoms with Crippen molar-refractivity contribution in [1.29, 1.82) is 0 Å². The average molecular weight is 480 g/mol. The summed E-state index contributed by atoms with van der Waals surface area (Å²) in [6, 6.07) is -0.835. The summed E-state index contributed by atoms with van der Waals surface area (Å²) in [4.78, 5) is 45.2. The molecular formula is C24H37N3O7. The quantitative estimate of drug-likeness (QED) is 0.296. The van der Waals surface area contributed by atoms with Gasteiger partial charge in [0.1, 0.15) is 11.6 Å². The van der Waals surface area contributed by atoms with Crippen LogP contribution in [-0.2, 0) is 23.9 Å². The zero-order valence-electron chi connectivity index (χ0n) is 19.8. The predicted octanol–water partition coefficient (Wildman–Crippen LogP) is -0.0450. The molecule has 0 saturated carbocycles. The van der Waals surface area contributed by atoms with E-state index in [0.717, 1.165) is 19.5 Å². The van der Waals surface area contributed by atoms with E-state index >= 15 is 0 Å². The molecule has 0 aromatic heterocycles. The zero-order chi connectivity index (χ0) is 24.3. The molecule has 2 amide bonds. The number of ether oxygens (including phenoxy) is 2. The topological polar surface area (TPSA) is 120 Å². The minimum absolute atomic E-state index is 0.0728. The first-order valence-electron chi connectivity index (χ1n) is 12.5. The van der Waals surface area contributed by atoms with E-state index in [1.165, 1.54) is 0 Å². The summed E-state index contributed by atoms with van der Waals surface area (Å²) in [5.41, 5.74) is -1.09. The maximum atomic E-state index is 14.0. The minimum Gasteiger partial charge on any atom is -0.481 e. The van der Waals surface area contributed by atoms with Crippen LogP contribution in [0.1, 0.15) is 32.1 Å². The van der Waals surface area contributed by atoms with Crippen molar-refractivity contribution in [3.63, 3.8) is 0 Å². The fraction of sp³-hybridized carbons (Fsp3) is 0.792. The molecule has 2 N–H and O–H groups in total. The molecule has 0 radical (unpaired) electrons. The highest BCUT2D eigenvalue weighted by atomic mass is 16.5. The van der Waals surface area contributed by atoms with Gasteiger partial charge in [-0.15, -0.1) is 6.58 Å². The summed E-state index contributed by atoms with van der Waals surface area (Å²) in [5.74, 6) is -3.27. The zero-order valence-corrected chi connectivity index (χ0v) is 19.8. The first kappa shape index (κ1) is 25.1. The van der Waals surface area contributed by atoms with Gasteiger partial charge in [0.25, 0.3) is 0 Å². The number of aliphatic hydroxyl groups excluding tert-OH is 1. The molecule has 4 rings (SSSR count). The number of carboxylic acids is 1. The van der Waals surface area contributed by atoms with Gasteiger partial charge in [0, 0.05) is 45.9 Å². The summed E-state index contributed by atoms with van der Waals surface area (Å²) < 4.78 is 11.7. The van der Waals surface area contributed by atoms with Crippen LogP contribution in [0, 0.1) is 11.8 Å². The molecule has 10 heteroatoms.